The van der Waals surface area contributed by atoms with E-state index in [4.69, 9.17) is 14.2 Å². The molecule has 0 unspecified atom stereocenters. The summed E-state index contributed by atoms with van der Waals surface area (Å²) in [4.78, 5) is 26.6. The summed E-state index contributed by atoms with van der Waals surface area (Å²) in [6, 6.07) is 7.38. The van der Waals surface area contributed by atoms with Crippen LogP contribution in [0.1, 0.15) is 66.0 Å². The molecule has 2 aliphatic heterocycles. The molecule has 160 valence electrons. The average Bonchev–Trinajstić information content (AvgIpc) is 2.85. The van der Waals surface area contributed by atoms with Gasteiger partial charge in [0.05, 0.1) is 0 Å². The minimum absolute atomic E-state index is 0.320. The van der Waals surface area contributed by atoms with Gasteiger partial charge in [0.2, 0.25) is 0 Å². The van der Waals surface area contributed by atoms with Crippen molar-refractivity contribution in [1.82, 2.24) is 10.2 Å². The normalized spacial score (nSPS) is 20.6. The number of amides is 2. The van der Waals surface area contributed by atoms with Crippen LogP contribution in [0.5, 0.6) is 5.75 Å². The molecule has 1 fully saturated rings. The third kappa shape index (κ3) is 4.95. The van der Waals surface area contributed by atoms with Crippen LogP contribution in [-0.4, -0.2) is 47.0 Å². The molecule has 1 aromatic carbocycles. The van der Waals surface area contributed by atoms with Gasteiger partial charge in [-0.3, -0.25) is 0 Å². The number of fused-ring (bicyclic) bond motifs is 1. The Labute approximate surface area is 172 Å². The predicted molar refractivity (Wildman–Crippen MR) is 109 cm³/mol. The lowest BCUT2D eigenvalue weighted by molar-refractivity contribution is -0.0262. The van der Waals surface area contributed by atoms with Crippen molar-refractivity contribution < 1.29 is 23.8 Å². The van der Waals surface area contributed by atoms with Crippen LogP contribution in [-0.2, 0) is 9.47 Å². The number of nitrogens with one attached hydrogen (secondary N) is 1. The van der Waals surface area contributed by atoms with Crippen LogP contribution in [0.3, 0.4) is 0 Å². The van der Waals surface area contributed by atoms with Crippen molar-refractivity contribution in [1.29, 1.82) is 0 Å². The molecule has 1 N–H and O–H groups in total. The van der Waals surface area contributed by atoms with Gasteiger partial charge >= 0.3 is 12.2 Å². The van der Waals surface area contributed by atoms with Crippen LogP contribution in [0.15, 0.2) is 24.3 Å². The van der Waals surface area contributed by atoms with Crippen molar-refractivity contribution in [2.75, 3.05) is 13.1 Å². The maximum absolute atomic E-state index is 12.5. The molecule has 7 nitrogen and oxygen atoms in total. The number of alkyl carbamates (subject to hydrolysis) is 1. The van der Waals surface area contributed by atoms with Gasteiger partial charge in [-0.25, -0.2) is 9.59 Å². The zero-order valence-electron chi connectivity index (χ0n) is 18.2. The highest BCUT2D eigenvalue weighted by atomic mass is 16.6. The van der Waals surface area contributed by atoms with Crippen molar-refractivity contribution in [2.45, 2.75) is 77.2 Å². The lowest BCUT2D eigenvalue weighted by Crippen LogP contribution is -2.55. The molecule has 1 spiro atoms. The molecule has 0 aromatic heterocycles. The first-order valence-electron chi connectivity index (χ1n) is 10.1. The van der Waals surface area contributed by atoms with Gasteiger partial charge in [0.15, 0.2) is 0 Å². The fraction of sp³-hybridized carbons (Fsp3) is 0.636. The molecule has 1 aromatic rings. The van der Waals surface area contributed by atoms with Gasteiger partial charge < -0.3 is 24.4 Å². The molecule has 1 saturated heterocycles. The molecular weight excluding hydrogens is 372 g/mol. The van der Waals surface area contributed by atoms with E-state index in [0.29, 0.717) is 25.9 Å². The summed E-state index contributed by atoms with van der Waals surface area (Å²) < 4.78 is 17.3. The summed E-state index contributed by atoms with van der Waals surface area (Å²) in [5.74, 6) is 0.763. The topological polar surface area (TPSA) is 77.1 Å². The van der Waals surface area contributed by atoms with Gasteiger partial charge in [-0.1, -0.05) is 18.2 Å². The van der Waals surface area contributed by atoms with Crippen LogP contribution >= 0.6 is 0 Å². The van der Waals surface area contributed by atoms with Gasteiger partial charge in [0.1, 0.15) is 28.6 Å². The summed E-state index contributed by atoms with van der Waals surface area (Å²) in [5.41, 5.74) is -0.799. The van der Waals surface area contributed by atoms with Crippen LogP contribution in [0.25, 0.3) is 0 Å². The number of ether oxygens (including phenoxy) is 3. The molecule has 2 amide bonds. The molecule has 0 aliphatic carbocycles. The molecule has 0 bridgehead atoms. The lowest BCUT2D eigenvalue weighted by atomic mass is 9.82. The highest BCUT2D eigenvalue weighted by Crippen LogP contribution is 2.48. The monoisotopic (exact) mass is 404 g/mol. The largest absolute Gasteiger partial charge is 0.484 e. The molecule has 29 heavy (non-hydrogen) atoms. The third-order valence-electron chi connectivity index (χ3n) is 4.99. The second-order valence-corrected chi connectivity index (χ2v) is 9.75. The van der Waals surface area contributed by atoms with Gasteiger partial charge in [-0.2, -0.15) is 0 Å². The van der Waals surface area contributed by atoms with Crippen molar-refractivity contribution in [3.63, 3.8) is 0 Å². The number of hydrogen-bond donors (Lipinski definition) is 1. The van der Waals surface area contributed by atoms with E-state index >= 15 is 0 Å². The second-order valence-electron chi connectivity index (χ2n) is 9.75. The Morgan fingerprint density at radius 2 is 1.62 bits per heavy atom. The first-order chi connectivity index (χ1) is 13.4. The number of nitrogens with zero attached hydrogens (tertiary/aromatic N) is 1. The second kappa shape index (κ2) is 7.43. The quantitative estimate of drug-likeness (QED) is 0.750. The predicted octanol–water partition coefficient (Wildman–Crippen LogP) is 4.41. The van der Waals surface area contributed by atoms with Gasteiger partial charge in [0.25, 0.3) is 0 Å². The van der Waals surface area contributed by atoms with E-state index in [1.807, 2.05) is 65.8 Å². The van der Waals surface area contributed by atoms with Crippen LogP contribution in [0.4, 0.5) is 9.59 Å². The van der Waals surface area contributed by atoms with E-state index in [0.717, 1.165) is 11.3 Å². The van der Waals surface area contributed by atoms with Crippen molar-refractivity contribution in [3.05, 3.63) is 29.8 Å². The number of benzene rings is 1. The van der Waals surface area contributed by atoms with E-state index < -0.39 is 22.9 Å². The highest BCUT2D eigenvalue weighted by Gasteiger charge is 2.51. The smallest absolute Gasteiger partial charge is 0.410 e. The summed E-state index contributed by atoms with van der Waals surface area (Å²) in [6.45, 7) is 12.1. The summed E-state index contributed by atoms with van der Waals surface area (Å²) in [7, 11) is 0. The SMILES string of the molecule is CC(C)(C)OC(=O)N[C@@H]1c2ccccc2OC12CCN(C(=O)OC(C)(C)C)CC2. The molecule has 0 saturated carbocycles. The van der Waals surface area contributed by atoms with E-state index in [2.05, 4.69) is 5.32 Å². The van der Waals surface area contributed by atoms with E-state index in [1.54, 1.807) is 4.90 Å². The Bertz CT molecular complexity index is 770. The highest BCUT2D eigenvalue weighted by molar-refractivity contribution is 5.70. The van der Waals surface area contributed by atoms with Gasteiger partial charge in [0, 0.05) is 31.5 Å². The molecule has 7 heteroatoms. The Morgan fingerprint density at radius 1 is 1.03 bits per heavy atom. The van der Waals surface area contributed by atoms with E-state index in [1.165, 1.54) is 0 Å². The molecule has 1 atom stereocenters. The van der Waals surface area contributed by atoms with Crippen molar-refractivity contribution >= 4 is 12.2 Å². The number of carbonyl (C=O) groups is 2. The summed E-state index contributed by atoms with van der Waals surface area (Å²) >= 11 is 0. The molecule has 3 rings (SSSR count). The van der Waals surface area contributed by atoms with Gasteiger partial charge in [-0.15, -0.1) is 0 Å². The van der Waals surface area contributed by atoms with Crippen molar-refractivity contribution in [3.8, 4) is 5.75 Å². The molecular formula is C22H32N2O5. The Kier molecular flexibility index (Phi) is 5.45. The van der Waals surface area contributed by atoms with Gasteiger partial charge in [-0.05, 0) is 47.6 Å². The number of hydrogen-bond acceptors (Lipinski definition) is 5. The minimum atomic E-state index is -0.612. The number of piperidine rings is 1. The Balaban J connectivity index is 1.76. The maximum Gasteiger partial charge on any atom is 0.410 e. The fourth-order valence-corrected chi connectivity index (χ4v) is 3.79. The zero-order chi connectivity index (χ0) is 21.4. The third-order valence-corrected chi connectivity index (χ3v) is 4.99. The molecule has 2 heterocycles. The van der Waals surface area contributed by atoms with Crippen LogP contribution in [0.2, 0.25) is 0 Å². The first-order valence-corrected chi connectivity index (χ1v) is 10.1. The average molecular weight is 405 g/mol. The number of likely N-dealkylation sites (tertiary alicyclic amines) is 1. The standard InChI is InChI=1S/C22H32N2O5/c1-20(2,3)28-18(25)23-17-15-9-7-8-10-16(15)27-22(17)11-13-24(14-12-22)19(26)29-21(4,5)6/h7-10,17H,11-14H2,1-6H3,(H,23,25)/t17-/m1/s1. The summed E-state index contributed by atoms with van der Waals surface area (Å²) in [6.07, 6.45) is 0.374. The van der Waals surface area contributed by atoms with E-state index in [9.17, 15) is 9.59 Å². The summed E-state index contributed by atoms with van der Waals surface area (Å²) in [5, 5.41) is 3.01. The Morgan fingerprint density at radius 3 is 2.21 bits per heavy atom. The number of rotatable bonds is 1. The Hall–Kier alpha value is -2.44. The van der Waals surface area contributed by atoms with E-state index in [-0.39, 0.29) is 12.1 Å². The first kappa shape index (κ1) is 21.3. The fourth-order valence-electron chi connectivity index (χ4n) is 3.79. The van der Waals surface area contributed by atoms with Crippen molar-refractivity contribution in [2.24, 2.45) is 0 Å². The minimum Gasteiger partial charge on any atom is -0.484 e. The van der Waals surface area contributed by atoms with Crippen LogP contribution in [0, 0.1) is 0 Å². The number of para-hydroxylation sites is 1. The molecule has 2 aliphatic rings. The zero-order valence-corrected chi connectivity index (χ0v) is 18.2. The lowest BCUT2D eigenvalue weighted by Gasteiger charge is -2.42. The maximum atomic E-state index is 12.5. The molecule has 0 radical (unpaired) electrons. The number of carbonyl (C=O) groups excluding carboxylic acids is 2. The van der Waals surface area contributed by atoms with Crippen LogP contribution < -0.4 is 10.1 Å².